The van der Waals surface area contributed by atoms with Crippen molar-refractivity contribution < 1.29 is 4.39 Å². The van der Waals surface area contributed by atoms with Crippen LogP contribution in [0.2, 0.25) is 0 Å². The molecule has 0 amide bonds. The summed E-state index contributed by atoms with van der Waals surface area (Å²) in [4.78, 5) is 7.91. The van der Waals surface area contributed by atoms with Crippen LogP contribution in [0.3, 0.4) is 0 Å². The largest absolute Gasteiger partial charge is 0.307 e. The first-order valence-electron chi connectivity index (χ1n) is 5.15. The Hall–Kier alpha value is -1.33. The summed E-state index contributed by atoms with van der Waals surface area (Å²) in [5, 5.41) is 3.13. The molecule has 0 fully saturated rings. The molecule has 0 aliphatic carbocycles. The molecule has 0 aliphatic rings. The summed E-state index contributed by atoms with van der Waals surface area (Å²) in [6, 6.07) is 6.72. The molecule has 1 aromatic heterocycles. The number of halogens is 2. The van der Waals surface area contributed by atoms with E-state index in [-0.39, 0.29) is 5.82 Å². The molecule has 2 aromatic rings. The predicted molar refractivity (Wildman–Crippen MR) is 66.7 cm³/mol. The van der Waals surface area contributed by atoms with Gasteiger partial charge in [0.05, 0.1) is 5.69 Å². The van der Waals surface area contributed by atoms with Gasteiger partial charge in [-0.1, -0.05) is 15.9 Å². The fraction of sp³-hybridized carbons (Fsp3) is 0.167. The van der Waals surface area contributed by atoms with Crippen molar-refractivity contribution in [1.29, 1.82) is 0 Å². The van der Waals surface area contributed by atoms with Gasteiger partial charge in [0, 0.05) is 29.3 Å². The standard InChI is InChI=1S/C12H11BrFN3/c13-10-1-2-12(14)9(5-10)6-16-7-11-3-4-15-8-17-11/h1-5,8,16H,6-7H2. The third kappa shape index (κ3) is 3.57. The zero-order chi connectivity index (χ0) is 12.1. The monoisotopic (exact) mass is 295 g/mol. The van der Waals surface area contributed by atoms with Crippen molar-refractivity contribution in [1.82, 2.24) is 15.3 Å². The van der Waals surface area contributed by atoms with Gasteiger partial charge in [-0.25, -0.2) is 14.4 Å². The predicted octanol–water partition coefficient (Wildman–Crippen LogP) is 2.67. The molecular formula is C12H11BrFN3. The smallest absolute Gasteiger partial charge is 0.127 e. The molecular weight excluding hydrogens is 285 g/mol. The zero-order valence-electron chi connectivity index (χ0n) is 9.03. The average molecular weight is 296 g/mol. The first kappa shape index (κ1) is 12.1. The normalized spacial score (nSPS) is 10.5. The Bertz CT molecular complexity index is 490. The SMILES string of the molecule is Fc1ccc(Br)cc1CNCc1ccncn1. The summed E-state index contributed by atoms with van der Waals surface area (Å²) in [6.07, 6.45) is 3.18. The van der Waals surface area contributed by atoms with E-state index in [1.165, 1.54) is 12.4 Å². The van der Waals surface area contributed by atoms with Crippen molar-refractivity contribution in [3.8, 4) is 0 Å². The lowest BCUT2D eigenvalue weighted by molar-refractivity contribution is 0.585. The molecule has 1 N–H and O–H groups in total. The molecule has 3 nitrogen and oxygen atoms in total. The molecule has 0 saturated heterocycles. The van der Waals surface area contributed by atoms with E-state index in [0.29, 0.717) is 18.7 Å². The van der Waals surface area contributed by atoms with Crippen LogP contribution >= 0.6 is 15.9 Å². The molecule has 0 saturated carbocycles. The van der Waals surface area contributed by atoms with E-state index in [0.717, 1.165) is 10.2 Å². The molecule has 1 heterocycles. The molecule has 5 heteroatoms. The Labute approximate surface area is 107 Å². The molecule has 1 aromatic carbocycles. The van der Waals surface area contributed by atoms with E-state index in [4.69, 9.17) is 0 Å². The minimum absolute atomic E-state index is 0.205. The number of rotatable bonds is 4. The average Bonchev–Trinajstić information content (AvgIpc) is 2.35. The van der Waals surface area contributed by atoms with Crippen LogP contribution in [0.4, 0.5) is 4.39 Å². The Balaban J connectivity index is 1.92. The highest BCUT2D eigenvalue weighted by Gasteiger charge is 2.02. The van der Waals surface area contributed by atoms with Gasteiger partial charge in [0.1, 0.15) is 12.1 Å². The molecule has 0 spiro atoms. The maximum atomic E-state index is 13.4. The van der Waals surface area contributed by atoms with E-state index >= 15 is 0 Å². The summed E-state index contributed by atoms with van der Waals surface area (Å²) >= 11 is 3.32. The zero-order valence-corrected chi connectivity index (χ0v) is 10.6. The summed E-state index contributed by atoms with van der Waals surface area (Å²) in [5.74, 6) is -0.205. The van der Waals surface area contributed by atoms with Crippen LogP contribution in [0, 0.1) is 5.82 Å². The first-order chi connectivity index (χ1) is 8.25. The number of benzene rings is 1. The highest BCUT2D eigenvalue weighted by atomic mass is 79.9. The summed E-state index contributed by atoms with van der Waals surface area (Å²) in [6.45, 7) is 1.06. The van der Waals surface area contributed by atoms with Crippen LogP contribution in [-0.2, 0) is 13.1 Å². The van der Waals surface area contributed by atoms with Gasteiger partial charge in [0.15, 0.2) is 0 Å². The van der Waals surface area contributed by atoms with E-state index in [1.807, 2.05) is 6.07 Å². The lowest BCUT2D eigenvalue weighted by Gasteiger charge is -2.06. The topological polar surface area (TPSA) is 37.8 Å². The van der Waals surface area contributed by atoms with Crippen molar-refractivity contribution in [3.05, 3.63) is 58.3 Å². The van der Waals surface area contributed by atoms with Crippen LogP contribution in [0.25, 0.3) is 0 Å². The second-order valence-corrected chi connectivity index (χ2v) is 4.46. The minimum Gasteiger partial charge on any atom is -0.307 e. The number of hydrogen-bond donors (Lipinski definition) is 1. The highest BCUT2D eigenvalue weighted by Crippen LogP contribution is 2.15. The van der Waals surface area contributed by atoms with E-state index < -0.39 is 0 Å². The number of nitrogens with zero attached hydrogens (tertiary/aromatic N) is 2. The third-order valence-electron chi connectivity index (χ3n) is 2.27. The highest BCUT2D eigenvalue weighted by molar-refractivity contribution is 9.10. The minimum atomic E-state index is -0.205. The van der Waals surface area contributed by atoms with Crippen LogP contribution < -0.4 is 5.32 Å². The molecule has 88 valence electrons. The molecule has 2 rings (SSSR count). The number of hydrogen-bond acceptors (Lipinski definition) is 3. The van der Waals surface area contributed by atoms with Crippen LogP contribution in [0.1, 0.15) is 11.3 Å². The third-order valence-corrected chi connectivity index (χ3v) is 2.77. The van der Waals surface area contributed by atoms with Crippen molar-refractivity contribution in [2.75, 3.05) is 0 Å². The second-order valence-electron chi connectivity index (χ2n) is 3.54. The Kier molecular flexibility index (Phi) is 4.17. The van der Waals surface area contributed by atoms with Gasteiger partial charge in [-0.15, -0.1) is 0 Å². The Morgan fingerprint density at radius 3 is 2.88 bits per heavy atom. The van der Waals surface area contributed by atoms with Gasteiger partial charge >= 0.3 is 0 Å². The van der Waals surface area contributed by atoms with Gasteiger partial charge in [-0.05, 0) is 24.3 Å². The van der Waals surface area contributed by atoms with Gasteiger partial charge in [-0.2, -0.15) is 0 Å². The summed E-state index contributed by atoms with van der Waals surface area (Å²) in [5.41, 5.74) is 1.52. The Morgan fingerprint density at radius 1 is 1.24 bits per heavy atom. The van der Waals surface area contributed by atoms with Gasteiger partial charge in [0.2, 0.25) is 0 Å². The maximum Gasteiger partial charge on any atom is 0.127 e. The number of nitrogens with one attached hydrogen (secondary N) is 1. The second kappa shape index (κ2) is 5.84. The molecule has 17 heavy (non-hydrogen) atoms. The van der Waals surface area contributed by atoms with Gasteiger partial charge < -0.3 is 5.32 Å². The molecule has 0 atom stereocenters. The van der Waals surface area contributed by atoms with E-state index in [9.17, 15) is 4.39 Å². The first-order valence-corrected chi connectivity index (χ1v) is 5.94. The van der Waals surface area contributed by atoms with Crippen molar-refractivity contribution in [2.24, 2.45) is 0 Å². The number of aromatic nitrogens is 2. The van der Waals surface area contributed by atoms with E-state index in [1.54, 1.807) is 18.3 Å². The molecule has 0 aliphatic heterocycles. The van der Waals surface area contributed by atoms with Crippen molar-refractivity contribution >= 4 is 15.9 Å². The van der Waals surface area contributed by atoms with Crippen LogP contribution in [0.5, 0.6) is 0 Å². The molecule has 0 bridgehead atoms. The van der Waals surface area contributed by atoms with Crippen molar-refractivity contribution in [2.45, 2.75) is 13.1 Å². The van der Waals surface area contributed by atoms with E-state index in [2.05, 4.69) is 31.2 Å². The quantitative estimate of drug-likeness (QED) is 0.942. The van der Waals surface area contributed by atoms with Crippen LogP contribution in [-0.4, -0.2) is 9.97 Å². The molecule has 0 radical (unpaired) electrons. The fourth-order valence-corrected chi connectivity index (χ4v) is 1.84. The Morgan fingerprint density at radius 2 is 2.12 bits per heavy atom. The lowest BCUT2D eigenvalue weighted by atomic mass is 10.2. The summed E-state index contributed by atoms with van der Waals surface area (Å²) < 4.78 is 14.3. The van der Waals surface area contributed by atoms with Gasteiger partial charge in [-0.3, -0.25) is 0 Å². The summed E-state index contributed by atoms with van der Waals surface area (Å²) in [7, 11) is 0. The fourth-order valence-electron chi connectivity index (χ4n) is 1.43. The van der Waals surface area contributed by atoms with Crippen molar-refractivity contribution in [3.63, 3.8) is 0 Å². The van der Waals surface area contributed by atoms with Crippen LogP contribution in [0.15, 0.2) is 41.3 Å². The lowest BCUT2D eigenvalue weighted by Crippen LogP contribution is -2.14. The molecule has 0 unspecified atom stereocenters. The maximum absolute atomic E-state index is 13.4. The van der Waals surface area contributed by atoms with Gasteiger partial charge in [0.25, 0.3) is 0 Å².